The zero-order chi connectivity index (χ0) is 24.1. The Kier molecular flexibility index (Phi) is 6.80. The van der Waals surface area contributed by atoms with Crippen LogP contribution in [0.4, 0.5) is 0 Å². The SMILES string of the molecule is C=C(CC[C@@H]1[C@@]2(C)CCC[C@@](C)(C=O)[C@@H]2[C@@H](O)C[C@@]1(C)O)[C@H](O)[C@@H](O)[C@@H]1OC(=O)C=C1C. The van der Waals surface area contributed by atoms with Gasteiger partial charge >= 0.3 is 5.97 Å². The molecule has 3 aliphatic rings. The third kappa shape index (κ3) is 4.20. The van der Waals surface area contributed by atoms with Gasteiger partial charge in [0.15, 0.2) is 6.10 Å². The van der Waals surface area contributed by atoms with Crippen LogP contribution in [0.3, 0.4) is 0 Å². The highest BCUT2D eigenvalue weighted by Crippen LogP contribution is 2.62. The van der Waals surface area contributed by atoms with Crippen LogP contribution in [0.2, 0.25) is 0 Å². The fourth-order valence-corrected chi connectivity index (χ4v) is 7.10. The number of aldehydes is 1. The van der Waals surface area contributed by atoms with E-state index < -0.39 is 46.8 Å². The summed E-state index contributed by atoms with van der Waals surface area (Å²) in [6.07, 6.45) is 1.33. The van der Waals surface area contributed by atoms with Crippen molar-refractivity contribution in [1.29, 1.82) is 0 Å². The number of hydrogen-bond donors (Lipinski definition) is 4. The van der Waals surface area contributed by atoms with Crippen molar-refractivity contribution in [3.8, 4) is 0 Å². The first kappa shape index (κ1) is 25.1. The van der Waals surface area contributed by atoms with E-state index in [2.05, 4.69) is 13.5 Å². The standard InChI is InChI=1S/C25H38O7/c1-14(19(29)20(30)21-15(2)11-18(28)32-21)7-8-17-24(4)10-6-9-23(3,13-26)22(24)16(27)12-25(17,5)31/h11,13,16-17,19-22,27,29-31H,1,6-10,12H2,2-5H3/t16-,17+,19-,20+,21+,22-,23-,24+,25+/m0/s1. The zero-order valence-corrected chi connectivity index (χ0v) is 19.6. The molecule has 0 unspecified atom stereocenters. The molecule has 0 aromatic rings. The summed E-state index contributed by atoms with van der Waals surface area (Å²) >= 11 is 0. The van der Waals surface area contributed by atoms with E-state index in [9.17, 15) is 30.0 Å². The molecule has 2 aliphatic carbocycles. The van der Waals surface area contributed by atoms with Crippen LogP contribution in [0, 0.1) is 22.7 Å². The van der Waals surface area contributed by atoms with Crippen molar-refractivity contribution >= 4 is 12.3 Å². The Bertz CT molecular complexity index is 802. The van der Waals surface area contributed by atoms with Crippen LogP contribution in [0.25, 0.3) is 0 Å². The minimum absolute atomic E-state index is 0.182. The van der Waals surface area contributed by atoms with E-state index in [1.165, 1.54) is 6.08 Å². The number of cyclic esters (lactones) is 1. The number of esters is 1. The molecular formula is C25H38O7. The Hall–Kier alpha value is -1.54. The lowest BCUT2D eigenvalue weighted by Gasteiger charge is -2.62. The monoisotopic (exact) mass is 450 g/mol. The van der Waals surface area contributed by atoms with Gasteiger partial charge in [-0.3, -0.25) is 0 Å². The van der Waals surface area contributed by atoms with Gasteiger partial charge in [0, 0.05) is 23.8 Å². The molecule has 4 N–H and O–H groups in total. The summed E-state index contributed by atoms with van der Waals surface area (Å²) in [5, 5.41) is 43.4. The second kappa shape index (κ2) is 8.67. The summed E-state index contributed by atoms with van der Waals surface area (Å²) < 4.78 is 5.08. The normalized spacial score (nSPS) is 43.6. The quantitative estimate of drug-likeness (QED) is 0.266. The van der Waals surface area contributed by atoms with Crippen LogP contribution in [0.5, 0.6) is 0 Å². The van der Waals surface area contributed by atoms with Gasteiger partial charge < -0.3 is 30.0 Å². The lowest BCUT2D eigenvalue weighted by atomic mass is 9.44. The number of fused-ring (bicyclic) bond motifs is 1. The Morgan fingerprint density at radius 2 is 1.97 bits per heavy atom. The molecule has 0 saturated heterocycles. The highest BCUT2D eigenvalue weighted by molar-refractivity contribution is 5.85. The third-order valence-corrected chi connectivity index (χ3v) is 8.52. The molecule has 1 aliphatic heterocycles. The van der Waals surface area contributed by atoms with E-state index in [0.29, 0.717) is 30.4 Å². The second-order valence-corrected chi connectivity index (χ2v) is 11.0. The summed E-state index contributed by atoms with van der Waals surface area (Å²) in [7, 11) is 0. The van der Waals surface area contributed by atoms with Gasteiger partial charge in [-0.15, -0.1) is 0 Å². The van der Waals surface area contributed by atoms with E-state index in [1.807, 2.05) is 6.92 Å². The van der Waals surface area contributed by atoms with Crippen molar-refractivity contribution in [3.05, 3.63) is 23.8 Å². The maximum Gasteiger partial charge on any atom is 0.331 e. The second-order valence-electron chi connectivity index (χ2n) is 11.0. The first-order chi connectivity index (χ1) is 14.8. The highest BCUT2D eigenvalue weighted by Gasteiger charge is 2.62. The summed E-state index contributed by atoms with van der Waals surface area (Å²) in [5.41, 5.74) is -1.31. The maximum absolute atomic E-state index is 12.0. The zero-order valence-electron chi connectivity index (χ0n) is 19.6. The molecule has 32 heavy (non-hydrogen) atoms. The fraction of sp³-hybridized carbons (Fsp3) is 0.760. The Balaban J connectivity index is 1.76. The first-order valence-corrected chi connectivity index (χ1v) is 11.6. The Labute approximate surface area is 190 Å². The van der Waals surface area contributed by atoms with Crippen molar-refractivity contribution in [2.75, 3.05) is 0 Å². The Morgan fingerprint density at radius 3 is 2.53 bits per heavy atom. The van der Waals surface area contributed by atoms with Crippen molar-refractivity contribution < 1.29 is 34.8 Å². The van der Waals surface area contributed by atoms with E-state index >= 15 is 0 Å². The predicted octanol–water partition coefficient (Wildman–Crippen LogP) is 2.06. The minimum atomic E-state index is -1.32. The van der Waals surface area contributed by atoms with Crippen molar-refractivity contribution in [1.82, 2.24) is 0 Å². The maximum atomic E-state index is 12.0. The number of aliphatic hydroxyl groups excluding tert-OH is 3. The van der Waals surface area contributed by atoms with Gasteiger partial charge in [-0.1, -0.05) is 26.8 Å². The van der Waals surface area contributed by atoms with Crippen molar-refractivity contribution in [2.24, 2.45) is 22.7 Å². The van der Waals surface area contributed by atoms with Crippen LogP contribution in [-0.2, 0) is 14.3 Å². The largest absolute Gasteiger partial charge is 0.452 e. The average Bonchev–Trinajstić information content (AvgIpc) is 3.03. The summed E-state index contributed by atoms with van der Waals surface area (Å²) in [4.78, 5) is 23.5. The van der Waals surface area contributed by atoms with Crippen LogP contribution < -0.4 is 0 Å². The molecule has 0 amide bonds. The summed E-state index contributed by atoms with van der Waals surface area (Å²) in [5.74, 6) is -1.04. The summed E-state index contributed by atoms with van der Waals surface area (Å²) in [6, 6.07) is 0. The number of ether oxygens (including phenoxy) is 1. The van der Waals surface area contributed by atoms with Gasteiger partial charge in [0.2, 0.25) is 0 Å². The highest BCUT2D eigenvalue weighted by atomic mass is 16.6. The lowest BCUT2D eigenvalue weighted by molar-refractivity contribution is -0.213. The average molecular weight is 451 g/mol. The van der Waals surface area contributed by atoms with Gasteiger partial charge in [0.1, 0.15) is 18.5 Å². The number of carbonyl (C=O) groups is 2. The molecule has 0 spiro atoms. The molecule has 2 fully saturated rings. The Morgan fingerprint density at radius 1 is 1.31 bits per heavy atom. The van der Waals surface area contributed by atoms with Crippen LogP contribution in [0.1, 0.15) is 66.2 Å². The van der Waals surface area contributed by atoms with Gasteiger partial charge in [0.25, 0.3) is 0 Å². The topological polar surface area (TPSA) is 124 Å². The molecule has 7 heteroatoms. The van der Waals surface area contributed by atoms with E-state index in [1.54, 1.807) is 13.8 Å². The van der Waals surface area contributed by atoms with E-state index in [-0.39, 0.29) is 18.3 Å². The lowest BCUT2D eigenvalue weighted by Crippen LogP contribution is -2.63. The summed E-state index contributed by atoms with van der Waals surface area (Å²) in [6.45, 7) is 11.3. The van der Waals surface area contributed by atoms with Gasteiger partial charge in [-0.2, -0.15) is 0 Å². The molecule has 0 radical (unpaired) electrons. The van der Waals surface area contributed by atoms with Crippen LogP contribution >= 0.6 is 0 Å². The number of carbonyl (C=O) groups excluding carboxylic acids is 2. The smallest absolute Gasteiger partial charge is 0.331 e. The van der Waals surface area contributed by atoms with E-state index in [4.69, 9.17) is 4.74 Å². The molecule has 9 atom stereocenters. The number of hydrogen-bond acceptors (Lipinski definition) is 7. The van der Waals surface area contributed by atoms with E-state index in [0.717, 1.165) is 19.1 Å². The molecular weight excluding hydrogens is 412 g/mol. The number of aliphatic hydroxyl groups is 4. The van der Waals surface area contributed by atoms with Gasteiger partial charge in [-0.25, -0.2) is 4.79 Å². The van der Waals surface area contributed by atoms with Crippen LogP contribution in [-0.4, -0.2) is 62.7 Å². The first-order valence-electron chi connectivity index (χ1n) is 11.6. The number of rotatable bonds is 7. The molecule has 0 bridgehead atoms. The van der Waals surface area contributed by atoms with Crippen molar-refractivity contribution in [2.45, 2.75) is 96.2 Å². The van der Waals surface area contributed by atoms with Crippen molar-refractivity contribution in [3.63, 3.8) is 0 Å². The molecule has 1 heterocycles. The van der Waals surface area contributed by atoms with Gasteiger partial charge in [-0.05, 0) is 62.0 Å². The molecule has 0 aromatic carbocycles. The molecule has 3 rings (SSSR count). The third-order valence-electron chi connectivity index (χ3n) is 8.52. The van der Waals surface area contributed by atoms with Crippen LogP contribution in [0.15, 0.2) is 23.8 Å². The predicted molar refractivity (Wildman–Crippen MR) is 118 cm³/mol. The molecule has 2 saturated carbocycles. The molecule has 0 aromatic heterocycles. The molecule has 180 valence electrons. The fourth-order valence-electron chi connectivity index (χ4n) is 7.10. The minimum Gasteiger partial charge on any atom is -0.452 e. The molecule has 7 nitrogen and oxygen atoms in total. The van der Waals surface area contributed by atoms with Gasteiger partial charge in [0.05, 0.1) is 11.7 Å².